The van der Waals surface area contributed by atoms with Gasteiger partial charge in [-0.05, 0) is 59.4 Å². The molecule has 2 amide bonds. The zero-order valence-corrected chi connectivity index (χ0v) is 17.8. The number of nitrogens with zero attached hydrogens (tertiary/aromatic N) is 2. The molecular formula is C26H27N3O2. The molecule has 0 radical (unpaired) electrons. The second-order valence-corrected chi connectivity index (χ2v) is 9.31. The molecule has 0 spiro atoms. The fourth-order valence-electron chi connectivity index (χ4n) is 5.78. The summed E-state index contributed by atoms with van der Waals surface area (Å²) >= 11 is 0. The number of amides is 2. The van der Waals surface area contributed by atoms with Crippen molar-refractivity contribution in [1.82, 2.24) is 5.32 Å². The van der Waals surface area contributed by atoms with Gasteiger partial charge in [-0.1, -0.05) is 42.8 Å². The summed E-state index contributed by atoms with van der Waals surface area (Å²) in [5.74, 6) is 1.50. The number of likely N-dealkylation sites (N-methyl/N-ethyl adjacent to an activating group) is 1. The molecule has 2 saturated carbocycles. The summed E-state index contributed by atoms with van der Waals surface area (Å²) in [6.07, 6.45) is 5.51. The number of hydrogen-bond donors (Lipinski definition) is 1. The maximum Gasteiger partial charge on any atom is 0.231 e. The van der Waals surface area contributed by atoms with Crippen LogP contribution in [-0.2, 0) is 22.4 Å². The van der Waals surface area contributed by atoms with Gasteiger partial charge in [0.15, 0.2) is 0 Å². The minimum atomic E-state index is -0.510. The van der Waals surface area contributed by atoms with Gasteiger partial charge in [0.25, 0.3) is 0 Å². The standard InChI is InChI=1S/C26H27N3O2/c1-29-24-4-2-3-21(23(24)14-25(29)30)18-8-5-16(6-9-18)12-20(15-27)28-26(31)22-13-17-7-10-19(22)11-17/h2-6,8-9,17,19-20,22H,7,10-14H2,1H3,(H,28,31)/t17-,19+,20+,22+/m1/s1. The number of anilines is 1. The topological polar surface area (TPSA) is 73.2 Å². The van der Waals surface area contributed by atoms with Crippen molar-refractivity contribution in [2.24, 2.45) is 17.8 Å². The van der Waals surface area contributed by atoms with Crippen LogP contribution < -0.4 is 10.2 Å². The van der Waals surface area contributed by atoms with Gasteiger partial charge in [-0.3, -0.25) is 9.59 Å². The molecule has 4 atom stereocenters. The summed E-state index contributed by atoms with van der Waals surface area (Å²) in [7, 11) is 1.81. The van der Waals surface area contributed by atoms with Gasteiger partial charge in [-0.2, -0.15) is 5.26 Å². The molecule has 2 fully saturated rings. The minimum Gasteiger partial charge on any atom is -0.340 e. The molecule has 31 heavy (non-hydrogen) atoms. The van der Waals surface area contributed by atoms with E-state index in [9.17, 15) is 14.9 Å². The molecule has 1 aliphatic heterocycles. The first-order valence-corrected chi connectivity index (χ1v) is 11.2. The Morgan fingerprint density at radius 1 is 1.19 bits per heavy atom. The molecule has 5 rings (SSSR count). The molecule has 2 aromatic carbocycles. The largest absolute Gasteiger partial charge is 0.340 e. The maximum atomic E-state index is 12.7. The molecule has 1 heterocycles. The first kappa shape index (κ1) is 19.8. The highest BCUT2D eigenvalue weighted by atomic mass is 16.2. The van der Waals surface area contributed by atoms with Crippen molar-refractivity contribution < 1.29 is 9.59 Å². The van der Waals surface area contributed by atoms with Crippen LogP contribution in [-0.4, -0.2) is 24.9 Å². The molecule has 1 N–H and O–H groups in total. The Morgan fingerprint density at radius 3 is 2.68 bits per heavy atom. The van der Waals surface area contributed by atoms with E-state index in [4.69, 9.17) is 0 Å². The van der Waals surface area contributed by atoms with Crippen LogP contribution in [0.1, 0.15) is 36.8 Å². The van der Waals surface area contributed by atoms with Gasteiger partial charge in [-0.25, -0.2) is 0 Å². The van der Waals surface area contributed by atoms with E-state index in [-0.39, 0.29) is 17.7 Å². The van der Waals surface area contributed by atoms with E-state index >= 15 is 0 Å². The third kappa shape index (κ3) is 3.61. The molecule has 2 aromatic rings. The molecule has 158 valence electrons. The second kappa shape index (κ2) is 7.85. The molecule has 5 nitrogen and oxygen atoms in total. The fourth-order valence-corrected chi connectivity index (χ4v) is 5.78. The number of benzene rings is 2. The van der Waals surface area contributed by atoms with Crippen molar-refractivity contribution in [3.63, 3.8) is 0 Å². The van der Waals surface area contributed by atoms with Crippen molar-refractivity contribution in [2.75, 3.05) is 11.9 Å². The van der Waals surface area contributed by atoms with E-state index in [1.807, 2.05) is 49.5 Å². The minimum absolute atomic E-state index is 0.0593. The highest BCUT2D eigenvalue weighted by Gasteiger charge is 2.43. The second-order valence-electron chi connectivity index (χ2n) is 9.31. The molecule has 3 aliphatic rings. The monoisotopic (exact) mass is 413 g/mol. The lowest BCUT2D eigenvalue weighted by Gasteiger charge is -2.22. The number of rotatable bonds is 5. The van der Waals surface area contributed by atoms with Crippen LogP contribution in [0.25, 0.3) is 11.1 Å². The highest BCUT2D eigenvalue weighted by Crippen LogP contribution is 2.48. The summed E-state index contributed by atoms with van der Waals surface area (Å²) in [6.45, 7) is 0. The smallest absolute Gasteiger partial charge is 0.231 e. The van der Waals surface area contributed by atoms with E-state index < -0.39 is 6.04 Å². The fraction of sp³-hybridized carbons (Fsp3) is 0.423. The lowest BCUT2D eigenvalue weighted by Crippen LogP contribution is -2.40. The van der Waals surface area contributed by atoms with Crippen LogP contribution >= 0.6 is 0 Å². The SMILES string of the molecule is CN1C(=O)Cc2c(-c3ccc(C[C@@H](C#N)NC(=O)[C@H]4C[C@@H]5CC[C@H]4C5)cc3)cccc21. The molecule has 0 unspecified atom stereocenters. The van der Waals surface area contributed by atoms with Crippen LogP contribution in [0.2, 0.25) is 0 Å². The third-order valence-corrected chi connectivity index (χ3v) is 7.47. The number of nitriles is 1. The summed E-state index contributed by atoms with van der Waals surface area (Å²) < 4.78 is 0. The molecule has 0 aromatic heterocycles. The molecular weight excluding hydrogens is 386 g/mol. The quantitative estimate of drug-likeness (QED) is 0.809. The maximum absolute atomic E-state index is 12.7. The van der Waals surface area contributed by atoms with Crippen molar-refractivity contribution >= 4 is 17.5 Å². The Labute approximate surface area is 183 Å². The molecule has 0 saturated heterocycles. The van der Waals surface area contributed by atoms with E-state index in [1.54, 1.807) is 4.90 Å². The van der Waals surface area contributed by atoms with Crippen molar-refractivity contribution in [3.8, 4) is 17.2 Å². The third-order valence-electron chi connectivity index (χ3n) is 7.47. The summed E-state index contributed by atoms with van der Waals surface area (Å²) in [6, 6.07) is 15.9. The normalized spacial score (nSPS) is 24.7. The Kier molecular flexibility index (Phi) is 5.02. The van der Waals surface area contributed by atoms with Gasteiger partial charge in [0.2, 0.25) is 11.8 Å². The highest BCUT2D eigenvalue weighted by molar-refractivity contribution is 6.03. The van der Waals surface area contributed by atoms with Crippen LogP contribution in [0, 0.1) is 29.1 Å². The summed E-state index contributed by atoms with van der Waals surface area (Å²) in [5, 5.41) is 12.6. The Hall–Kier alpha value is -3.13. The Bertz CT molecular complexity index is 1070. The number of hydrogen-bond acceptors (Lipinski definition) is 3. The first-order chi connectivity index (χ1) is 15.0. The molecule has 5 heteroatoms. The van der Waals surface area contributed by atoms with Crippen LogP contribution in [0.4, 0.5) is 5.69 Å². The van der Waals surface area contributed by atoms with E-state index in [0.29, 0.717) is 24.7 Å². The lowest BCUT2D eigenvalue weighted by molar-refractivity contribution is -0.127. The van der Waals surface area contributed by atoms with Crippen molar-refractivity contribution in [1.29, 1.82) is 5.26 Å². The van der Waals surface area contributed by atoms with Gasteiger partial charge >= 0.3 is 0 Å². The van der Waals surface area contributed by atoms with Gasteiger partial charge in [-0.15, -0.1) is 0 Å². The van der Waals surface area contributed by atoms with E-state index in [2.05, 4.69) is 11.4 Å². The Balaban J connectivity index is 1.27. The van der Waals surface area contributed by atoms with Gasteiger partial charge in [0.1, 0.15) is 6.04 Å². The predicted octanol–water partition coefficient (Wildman–Crippen LogP) is 3.86. The van der Waals surface area contributed by atoms with Gasteiger partial charge < -0.3 is 10.2 Å². The van der Waals surface area contributed by atoms with Crippen LogP contribution in [0.5, 0.6) is 0 Å². The van der Waals surface area contributed by atoms with Crippen molar-refractivity contribution in [3.05, 3.63) is 53.6 Å². The molecule has 2 bridgehead atoms. The zero-order chi connectivity index (χ0) is 21.5. The van der Waals surface area contributed by atoms with E-state index in [0.717, 1.165) is 40.8 Å². The summed E-state index contributed by atoms with van der Waals surface area (Å²) in [4.78, 5) is 26.5. The number of fused-ring (bicyclic) bond motifs is 3. The number of nitrogens with one attached hydrogen (secondary N) is 1. The summed E-state index contributed by atoms with van der Waals surface area (Å²) in [5.41, 5.74) is 5.19. The van der Waals surface area contributed by atoms with Crippen molar-refractivity contribution in [2.45, 2.75) is 44.6 Å². The lowest BCUT2D eigenvalue weighted by atomic mass is 9.88. The average Bonchev–Trinajstić information content (AvgIpc) is 3.49. The number of carbonyl (C=O) groups is 2. The Morgan fingerprint density at radius 2 is 2.00 bits per heavy atom. The number of carbonyl (C=O) groups excluding carboxylic acids is 2. The van der Waals surface area contributed by atoms with Crippen LogP contribution in [0.3, 0.4) is 0 Å². The first-order valence-electron chi connectivity index (χ1n) is 11.2. The zero-order valence-electron chi connectivity index (χ0n) is 17.8. The predicted molar refractivity (Wildman–Crippen MR) is 119 cm³/mol. The van der Waals surface area contributed by atoms with Crippen LogP contribution in [0.15, 0.2) is 42.5 Å². The molecule has 2 aliphatic carbocycles. The average molecular weight is 414 g/mol. The van der Waals surface area contributed by atoms with Gasteiger partial charge in [0, 0.05) is 25.1 Å². The van der Waals surface area contributed by atoms with E-state index in [1.165, 1.54) is 12.8 Å². The van der Waals surface area contributed by atoms with Gasteiger partial charge in [0.05, 0.1) is 12.5 Å².